The zero-order chi connectivity index (χ0) is 24.4. The van der Waals surface area contributed by atoms with Gasteiger partial charge in [0.2, 0.25) is 5.91 Å². The maximum atomic E-state index is 13.5. The SMILES string of the molecule is Cc1ccc(Nc2ccccc2NC(=O)C2CCCCC2CN2C(=O)c3ccccc3C2=O)cc1. The summed E-state index contributed by atoms with van der Waals surface area (Å²) in [6.07, 6.45) is 3.51. The van der Waals surface area contributed by atoms with Crippen LogP contribution in [-0.2, 0) is 4.79 Å². The fourth-order valence-electron chi connectivity index (χ4n) is 5.13. The van der Waals surface area contributed by atoms with Gasteiger partial charge in [0.1, 0.15) is 0 Å². The van der Waals surface area contributed by atoms with Crippen molar-refractivity contribution in [1.82, 2.24) is 4.90 Å². The number of amides is 3. The summed E-state index contributed by atoms with van der Waals surface area (Å²) in [6, 6.07) is 22.7. The summed E-state index contributed by atoms with van der Waals surface area (Å²) in [5, 5.41) is 6.50. The van der Waals surface area contributed by atoms with Crippen molar-refractivity contribution in [3.05, 3.63) is 89.5 Å². The second kappa shape index (κ2) is 9.74. The van der Waals surface area contributed by atoms with E-state index in [4.69, 9.17) is 0 Å². The Kier molecular flexibility index (Phi) is 6.36. The fourth-order valence-corrected chi connectivity index (χ4v) is 5.13. The number of anilines is 3. The summed E-state index contributed by atoms with van der Waals surface area (Å²) < 4.78 is 0. The first-order valence-corrected chi connectivity index (χ1v) is 12.2. The van der Waals surface area contributed by atoms with Crippen molar-refractivity contribution in [1.29, 1.82) is 0 Å². The number of rotatable bonds is 6. The molecule has 3 aromatic carbocycles. The van der Waals surface area contributed by atoms with Gasteiger partial charge in [0.15, 0.2) is 0 Å². The van der Waals surface area contributed by atoms with Crippen molar-refractivity contribution in [2.75, 3.05) is 17.2 Å². The molecule has 1 aliphatic carbocycles. The van der Waals surface area contributed by atoms with Crippen LogP contribution in [0.5, 0.6) is 0 Å². The predicted molar refractivity (Wildman–Crippen MR) is 137 cm³/mol. The molecule has 0 spiro atoms. The molecule has 1 fully saturated rings. The first kappa shape index (κ1) is 22.8. The van der Waals surface area contributed by atoms with E-state index in [0.29, 0.717) is 16.8 Å². The standard InChI is InChI=1S/C29H29N3O3/c1-19-14-16-21(17-15-19)30-25-12-6-7-13-26(25)31-27(33)22-9-3-2-8-20(22)18-32-28(34)23-10-4-5-11-24(23)29(32)35/h4-7,10-17,20,22,30H,2-3,8-9,18H2,1H3,(H,31,33). The van der Waals surface area contributed by atoms with Crippen molar-refractivity contribution in [3.63, 3.8) is 0 Å². The van der Waals surface area contributed by atoms with Gasteiger partial charge < -0.3 is 10.6 Å². The summed E-state index contributed by atoms with van der Waals surface area (Å²) >= 11 is 0. The summed E-state index contributed by atoms with van der Waals surface area (Å²) in [5.74, 6) is -0.918. The number of hydrogen-bond donors (Lipinski definition) is 2. The van der Waals surface area contributed by atoms with Gasteiger partial charge in [-0.2, -0.15) is 0 Å². The number of hydrogen-bond acceptors (Lipinski definition) is 4. The van der Waals surface area contributed by atoms with E-state index in [-0.39, 0.29) is 36.1 Å². The molecule has 0 radical (unpaired) electrons. The number of fused-ring (bicyclic) bond motifs is 1. The van der Waals surface area contributed by atoms with Gasteiger partial charge in [-0.1, -0.05) is 54.8 Å². The topological polar surface area (TPSA) is 78.5 Å². The molecule has 0 bridgehead atoms. The monoisotopic (exact) mass is 467 g/mol. The summed E-state index contributed by atoms with van der Waals surface area (Å²) in [5.41, 5.74) is 4.55. The number of carbonyl (C=O) groups excluding carboxylic acids is 3. The normalized spacial score (nSPS) is 19.4. The highest BCUT2D eigenvalue weighted by molar-refractivity contribution is 6.21. The minimum atomic E-state index is -0.263. The Bertz CT molecular complexity index is 1230. The highest BCUT2D eigenvalue weighted by Crippen LogP contribution is 2.35. The average Bonchev–Trinajstić information content (AvgIpc) is 3.12. The van der Waals surface area contributed by atoms with E-state index < -0.39 is 0 Å². The second-order valence-corrected chi connectivity index (χ2v) is 9.44. The highest BCUT2D eigenvalue weighted by atomic mass is 16.2. The number of aryl methyl sites for hydroxylation is 1. The van der Waals surface area contributed by atoms with E-state index in [1.165, 1.54) is 10.5 Å². The highest BCUT2D eigenvalue weighted by Gasteiger charge is 2.40. The largest absolute Gasteiger partial charge is 0.354 e. The van der Waals surface area contributed by atoms with Crippen molar-refractivity contribution in [2.24, 2.45) is 11.8 Å². The van der Waals surface area contributed by atoms with Gasteiger partial charge in [-0.05, 0) is 62.1 Å². The average molecular weight is 468 g/mol. The van der Waals surface area contributed by atoms with Crippen molar-refractivity contribution in [2.45, 2.75) is 32.6 Å². The van der Waals surface area contributed by atoms with E-state index in [1.807, 2.05) is 55.5 Å². The molecule has 6 nitrogen and oxygen atoms in total. The minimum absolute atomic E-state index is 0.0653. The number of imide groups is 1. The van der Waals surface area contributed by atoms with Gasteiger partial charge in [-0.25, -0.2) is 0 Å². The molecule has 2 aliphatic rings. The number of nitrogens with zero attached hydrogens (tertiary/aromatic N) is 1. The lowest BCUT2D eigenvalue weighted by atomic mass is 9.78. The first-order chi connectivity index (χ1) is 17.0. The number of benzene rings is 3. The zero-order valence-electron chi connectivity index (χ0n) is 19.8. The number of carbonyl (C=O) groups is 3. The molecule has 35 heavy (non-hydrogen) atoms. The maximum absolute atomic E-state index is 13.5. The third-order valence-electron chi connectivity index (χ3n) is 7.06. The summed E-state index contributed by atoms with van der Waals surface area (Å²) in [4.78, 5) is 40.6. The third-order valence-corrected chi connectivity index (χ3v) is 7.06. The summed E-state index contributed by atoms with van der Waals surface area (Å²) in [6.45, 7) is 2.31. The van der Waals surface area contributed by atoms with E-state index >= 15 is 0 Å². The molecule has 1 heterocycles. The van der Waals surface area contributed by atoms with Gasteiger partial charge in [0.05, 0.1) is 22.5 Å². The third kappa shape index (κ3) is 4.69. The Hall–Kier alpha value is -3.93. The quantitative estimate of drug-likeness (QED) is 0.451. The predicted octanol–water partition coefficient (Wildman–Crippen LogP) is 5.78. The van der Waals surface area contributed by atoms with E-state index in [2.05, 4.69) is 10.6 Å². The van der Waals surface area contributed by atoms with Crippen LogP contribution in [0.15, 0.2) is 72.8 Å². The van der Waals surface area contributed by atoms with Crippen LogP contribution in [0.2, 0.25) is 0 Å². The Morgan fingerprint density at radius 1 is 0.829 bits per heavy atom. The van der Waals surface area contributed by atoms with Crippen molar-refractivity contribution < 1.29 is 14.4 Å². The van der Waals surface area contributed by atoms with Crippen LogP contribution in [0, 0.1) is 18.8 Å². The molecule has 0 saturated heterocycles. The first-order valence-electron chi connectivity index (χ1n) is 12.2. The van der Waals surface area contributed by atoms with Crippen molar-refractivity contribution in [3.8, 4) is 0 Å². The molecular weight excluding hydrogens is 438 g/mol. The molecule has 0 aromatic heterocycles. The molecular formula is C29H29N3O3. The van der Waals surface area contributed by atoms with Crippen LogP contribution < -0.4 is 10.6 Å². The van der Waals surface area contributed by atoms with Crippen molar-refractivity contribution >= 4 is 34.8 Å². The fraction of sp³-hybridized carbons (Fsp3) is 0.276. The van der Waals surface area contributed by atoms with Crippen LogP contribution in [0.25, 0.3) is 0 Å². The second-order valence-electron chi connectivity index (χ2n) is 9.44. The Morgan fingerprint density at radius 2 is 1.43 bits per heavy atom. The van der Waals surface area contributed by atoms with Gasteiger partial charge in [-0.3, -0.25) is 19.3 Å². The van der Waals surface area contributed by atoms with Gasteiger partial charge in [0.25, 0.3) is 11.8 Å². The number of para-hydroxylation sites is 2. The van der Waals surface area contributed by atoms with Gasteiger partial charge >= 0.3 is 0 Å². The van der Waals surface area contributed by atoms with Gasteiger partial charge in [-0.15, -0.1) is 0 Å². The lowest BCUT2D eigenvalue weighted by Gasteiger charge is -2.33. The Labute approximate surface area is 205 Å². The van der Waals surface area contributed by atoms with E-state index in [9.17, 15) is 14.4 Å². The smallest absolute Gasteiger partial charge is 0.261 e. The van der Waals surface area contributed by atoms with Crippen LogP contribution >= 0.6 is 0 Å². The molecule has 178 valence electrons. The number of nitrogens with one attached hydrogen (secondary N) is 2. The van der Waals surface area contributed by atoms with E-state index in [0.717, 1.165) is 37.1 Å². The zero-order valence-corrected chi connectivity index (χ0v) is 19.8. The Balaban J connectivity index is 1.31. The van der Waals surface area contributed by atoms with Crippen LogP contribution in [0.3, 0.4) is 0 Å². The molecule has 5 rings (SSSR count). The molecule has 2 N–H and O–H groups in total. The van der Waals surface area contributed by atoms with E-state index in [1.54, 1.807) is 24.3 Å². The lowest BCUT2D eigenvalue weighted by Crippen LogP contribution is -2.41. The molecule has 1 aliphatic heterocycles. The Morgan fingerprint density at radius 3 is 2.11 bits per heavy atom. The molecule has 2 atom stereocenters. The molecule has 3 aromatic rings. The van der Waals surface area contributed by atoms with Gasteiger partial charge in [0, 0.05) is 18.2 Å². The molecule has 1 saturated carbocycles. The maximum Gasteiger partial charge on any atom is 0.261 e. The summed E-state index contributed by atoms with van der Waals surface area (Å²) in [7, 11) is 0. The van der Waals surface area contributed by atoms with Crippen LogP contribution in [0.1, 0.15) is 52.0 Å². The van der Waals surface area contributed by atoms with Crippen LogP contribution in [0.4, 0.5) is 17.1 Å². The molecule has 3 amide bonds. The lowest BCUT2D eigenvalue weighted by molar-refractivity contribution is -0.122. The molecule has 6 heteroatoms. The minimum Gasteiger partial charge on any atom is -0.354 e. The molecule has 2 unspecified atom stereocenters. The van der Waals surface area contributed by atoms with Crippen LogP contribution in [-0.4, -0.2) is 29.2 Å².